The van der Waals surface area contributed by atoms with Crippen LogP contribution in [-0.4, -0.2) is 65.7 Å². The average molecular weight is 506 g/mol. The van der Waals surface area contributed by atoms with Gasteiger partial charge in [0.2, 0.25) is 17.8 Å². The standard InChI is InChI=1S/C28H35N5O4/c1-19-16-21-17-22(11-12-24(21)37-19)29-28(31-26(35)20-8-2-3-9-20)30-23-10-4-5-15-33(27(23)36)18-25(34)32-13-6-7-14-32/h8,11-12,16-17,23H,2-7,9-10,13-15,18H2,1H3,(H2,29,30,31,35)/t23-/m0/s1. The van der Waals surface area contributed by atoms with Crippen LogP contribution in [0.3, 0.4) is 0 Å². The molecule has 9 heteroatoms. The number of hydrogen-bond donors (Lipinski definition) is 2. The highest BCUT2D eigenvalue weighted by Gasteiger charge is 2.30. The van der Waals surface area contributed by atoms with Crippen LogP contribution in [0.15, 0.2) is 45.3 Å². The summed E-state index contributed by atoms with van der Waals surface area (Å²) >= 11 is 0. The van der Waals surface area contributed by atoms with E-state index >= 15 is 0 Å². The highest BCUT2D eigenvalue weighted by atomic mass is 16.3. The summed E-state index contributed by atoms with van der Waals surface area (Å²) in [6, 6.07) is 6.93. The first kappa shape index (κ1) is 25.0. The number of aliphatic imine (C=N–C) groups is 1. The van der Waals surface area contributed by atoms with Gasteiger partial charge in [-0.05, 0) is 82.6 Å². The molecule has 196 valence electrons. The zero-order valence-corrected chi connectivity index (χ0v) is 21.4. The molecule has 0 spiro atoms. The average Bonchev–Trinajstić information content (AvgIpc) is 3.64. The number of rotatable bonds is 5. The van der Waals surface area contributed by atoms with Crippen molar-refractivity contribution >= 4 is 40.3 Å². The molecule has 0 saturated carbocycles. The summed E-state index contributed by atoms with van der Waals surface area (Å²) in [7, 11) is 0. The molecule has 1 aromatic carbocycles. The number of likely N-dealkylation sites (tertiary alicyclic amines) is 2. The Bertz CT molecular complexity index is 1240. The summed E-state index contributed by atoms with van der Waals surface area (Å²) in [4.78, 5) is 47.4. The fourth-order valence-electron chi connectivity index (χ4n) is 5.30. The Morgan fingerprint density at radius 2 is 1.89 bits per heavy atom. The summed E-state index contributed by atoms with van der Waals surface area (Å²) in [6.07, 6.45) is 8.77. The molecule has 2 aliphatic heterocycles. The van der Waals surface area contributed by atoms with Crippen LogP contribution in [0.1, 0.15) is 57.1 Å². The van der Waals surface area contributed by atoms with Crippen LogP contribution in [0.2, 0.25) is 0 Å². The number of anilines is 1. The van der Waals surface area contributed by atoms with Gasteiger partial charge in [0.1, 0.15) is 17.4 Å². The number of hydrogen-bond acceptors (Lipinski definition) is 5. The molecule has 3 aliphatic rings. The van der Waals surface area contributed by atoms with Crippen molar-refractivity contribution in [2.45, 2.75) is 64.3 Å². The van der Waals surface area contributed by atoms with Gasteiger partial charge in [0.25, 0.3) is 5.91 Å². The zero-order chi connectivity index (χ0) is 25.8. The predicted octanol–water partition coefficient (Wildman–Crippen LogP) is 3.74. The number of furan rings is 1. The smallest absolute Gasteiger partial charge is 0.253 e. The predicted molar refractivity (Wildman–Crippen MR) is 142 cm³/mol. The third-order valence-corrected chi connectivity index (χ3v) is 7.29. The minimum absolute atomic E-state index is 0.000917. The van der Waals surface area contributed by atoms with Gasteiger partial charge in [0.15, 0.2) is 0 Å². The number of carbonyl (C=O) groups excluding carboxylic acids is 3. The van der Waals surface area contributed by atoms with Crippen molar-refractivity contribution < 1.29 is 18.8 Å². The summed E-state index contributed by atoms with van der Waals surface area (Å²) in [5, 5.41) is 7.07. The molecule has 2 fully saturated rings. The molecule has 2 aromatic rings. The number of nitrogens with one attached hydrogen (secondary N) is 2. The number of carbonyl (C=O) groups is 3. The Labute approximate surface area is 216 Å². The number of aryl methyl sites for hydroxylation is 1. The molecule has 9 nitrogen and oxygen atoms in total. The summed E-state index contributed by atoms with van der Waals surface area (Å²) in [6.45, 7) is 4.05. The molecule has 1 aliphatic carbocycles. The molecule has 2 saturated heterocycles. The number of nitrogens with zero attached hydrogens (tertiary/aromatic N) is 3. The normalized spacial score (nSPS) is 20.8. The molecule has 2 N–H and O–H groups in total. The van der Waals surface area contributed by atoms with Crippen LogP contribution >= 0.6 is 0 Å². The fourth-order valence-corrected chi connectivity index (χ4v) is 5.30. The van der Waals surface area contributed by atoms with Crippen LogP contribution in [0.4, 0.5) is 5.69 Å². The second-order valence-electron chi connectivity index (χ2n) is 10.1. The van der Waals surface area contributed by atoms with Gasteiger partial charge in [-0.2, -0.15) is 0 Å². The molecular weight excluding hydrogens is 470 g/mol. The van der Waals surface area contributed by atoms with E-state index in [-0.39, 0.29) is 30.2 Å². The van der Waals surface area contributed by atoms with Crippen molar-refractivity contribution in [3.63, 3.8) is 0 Å². The number of benzene rings is 1. The van der Waals surface area contributed by atoms with Gasteiger partial charge in [-0.3, -0.25) is 19.7 Å². The molecule has 37 heavy (non-hydrogen) atoms. The lowest BCUT2D eigenvalue weighted by Gasteiger charge is -2.25. The third kappa shape index (κ3) is 6.03. The lowest BCUT2D eigenvalue weighted by atomic mass is 10.1. The van der Waals surface area contributed by atoms with Crippen molar-refractivity contribution in [3.05, 3.63) is 41.7 Å². The number of fused-ring (bicyclic) bond motifs is 1. The number of guanidine groups is 1. The van der Waals surface area contributed by atoms with Crippen LogP contribution in [0, 0.1) is 6.92 Å². The van der Waals surface area contributed by atoms with Crippen LogP contribution in [-0.2, 0) is 14.4 Å². The van der Waals surface area contributed by atoms with Crippen LogP contribution in [0.25, 0.3) is 11.0 Å². The van der Waals surface area contributed by atoms with Gasteiger partial charge in [0.05, 0.1) is 6.54 Å². The first-order valence-corrected chi connectivity index (χ1v) is 13.4. The first-order valence-electron chi connectivity index (χ1n) is 13.4. The van der Waals surface area contributed by atoms with Gasteiger partial charge in [-0.1, -0.05) is 6.08 Å². The van der Waals surface area contributed by atoms with E-state index in [1.807, 2.05) is 42.2 Å². The largest absolute Gasteiger partial charge is 0.461 e. The van der Waals surface area contributed by atoms with Gasteiger partial charge in [0, 0.05) is 36.3 Å². The second-order valence-corrected chi connectivity index (χ2v) is 10.1. The topological polar surface area (TPSA) is 107 Å². The number of amides is 3. The minimum Gasteiger partial charge on any atom is -0.461 e. The Morgan fingerprint density at radius 1 is 1.08 bits per heavy atom. The maximum Gasteiger partial charge on any atom is 0.253 e. The fraction of sp³-hybridized carbons (Fsp3) is 0.500. The van der Waals surface area contributed by atoms with E-state index in [1.165, 1.54) is 0 Å². The highest BCUT2D eigenvalue weighted by molar-refractivity contribution is 6.10. The van der Waals surface area contributed by atoms with Gasteiger partial charge < -0.3 is 19.5 Å². The second kappa shape index (κ2) is 11.2. The maximum absolute atomic E-state index is 13.5. The molecule has 0 radical (unpaired) electrons. The van der Waals surface area contributed by atoms with Crippen molar-refractivity contribution in [2.75, 3.05) is 31.5 Å². The lowest BCUT2D eigenvalue weighted by Crippen LogP contribution is -2.45. The van der Waals surface area contributed by atoms with Crippen LogP contribution < -0.4 is 10.6 Å². The molecule has 1 atom stereocenters. The molecule has 0 unspecified atom stereocenters. The van der Waals surface area contributed by atoms with Gasteiger partial charge >= 0.3 is 0 Å². The Morgan fingerprint density at radius 3 is 2.68 bits per heavy atom. The van der Waals surface area contributed by atoms with E-state index in [0.717, 1.165) is 86.0 Å². The van der Waals surface area contributed by atoms with E-state index in [1.54, 1.807) is 4.90 Å². The van der Waals surface area contributed by atoms with Crippen LogP contribution in [0.5, 0.6) is 0 Å². The van der Waals surface area contributed by atoms with E-state index in [9.17, 15) is 14.4 Å². The third-order valence-electron chi connectivity index (χ3n) is 7.29. The highest BCUT2D eigenvalue weighted by Crippen LogP contribution is 2.23. The van der Waals surface area contributed by atoms with Crippen molar-refractivity contribution in [1.82, 2.24) is 15.1 Å². The SMILES string of the molecule is Cc1cc2cc(NC(=N[C@H]3CCCCN(CC(=O)N4CCCC4)C3=O)NC(=O)C3=CCCC3)ccc2o1. The quantitative estimate of drug-likeness (QED) is 0.476. The Kier molecular flexibility index (Phi) is 7.58. The van der Waals surface area contributed by atoms with Gasteiger partial charge in [-0.25, -0.2) is 4.99 Å². The number of allylic oxidation sites excluding steroid dienone is 1. The Hall–Kier alpha value is -3.62. The summed E-state index contributed by atoms with van der Waals surface area (Å²) < 4.78 is 5.67. The van der Waals surface area contributed by atoms with Crippen molar-refractivity contribution in [1.29, 1.82) is 0 Å². The minimum atomic E-state index is -0.672. The van der Waals surface area contributed by atoms with Crippen molar-refractivity contribution in [3.8, 4) is 0 Å². The van der Waals surface area contributed by atoms with Crippen molar-refractivity contribution in [2.24, 2.45) is 4.99 Å². The lowest BCUT2D eigenvalue weighted by molar-refractivity contribution is -0.140. The van der Waals surface area contributed by atoms with Gasteiger partial charge in [-0.15, -0.1) is 0 Å². The first-order chi connectivity index (χ1) is 18.0. The Balaban J connectivity index is 1.37. The molecule has 3 heterocycles. The monoisotopic (exact) mass is 505 g/mol. The zero-order valence-electron chi connectivity index (χ0n) is 21.4. The maximum atomic E-state index is 13.5. The molecule has 5 rings (SSSR count). The van der Waals surface area contributed by atoms with E-state index in [0.29, 0.717) is 13.0 Å². The van der Waals surface area contributed by atoms with E-state index < -0.39 is 6.04 Å². The summed E-state index contributed by atoms with van der Waals surface area (Å²) in [5.74, 6) is 0.684. The molecular formula is C28H35N5O4. The summed E-state index contributed by atoms with van der Waals surface area (Å²) in [5.41, 5.74) is 2.24. The molecule has 1 aromatic heterocycles. The molecule has 3 amide bonds. The molecule has 0 bridgehead atoms. The van der Waals surface area contributed by atoms with E-state index in [4.69, 9.17) is 9.41 Å². The van der Waals surface area contributed by atoms with E-state index in [2.05, 4.69) is 10.6 Å².